The predicted molar refractivity (Wildman–Crippen MR) is 75.4 cm³/mol. The zero-order chi connectivity index (χ0) is 14.5. The molecule has 5 nitrogen and oxygen atoms in total. The van der Waals surface area contributed by atoms with E-state index in [1.807, 2.05) is 0 Å². The maximum absolute atomic E-state index is 12.0. The van der Waals surface area contributed by atoms with Crippen molar-refractivity contribution in [1.29, 1.82) is 0 Å². The quantitative estimate of drug-likeness (QED) is 0.565. The number of nitrogens with zero attached hydrogens (tertiary/aromatic N) is 1. The fourth-order valence-corrected chi connectivity index (χ4v) is 2.13. The van der Waals surface area contributed by atoms with Crippen LogP contribution < -0.4 is 9.64 Å². The average Bonchev–Trinajstić information content (AvgIpc) is 2.71. The lowest BCUT2D eigenvalue weighted by atomic mass is 10.1. The van der Waals surface area contributed by atoms with Gasteiger partial charge in [-0.15, -0.1) is 0 Å². The lowest BCUT2D eigenvalue weighted by Gasteiger charge is -2.17. The van der Waals surface area contributed by atoms with Crippen molar-refractivity contribution in [2.45, 2.75) is 19.8 Å². The highest BCUT2D eigenvalue weighted by molar-refractivity contribution is 6.52. The molecule has 0 saturated carbocycles. The summed E-state index contributed by atoms with van der Waals surface area (Å²) in [4.78, 5) is 25.3. The molecule has 0 unspecified atom stereocenters. The molecule has 1 amide bonds. The largest absolute Gasteiger partial charge is 0.497 e. The van der Waals surface area contributed by atoms with Gasteiger partial charge in [0.1, 0.15) is 5.75 Å². The summed E-state index contributed by atoms with van der Waals surface area (Å²) in [6.45, 7) is 3.58. The summed E-state index contributed by atoms with van der Waals surface area (Å²) in [5, 5.41) is 0. The number of carbonyl (C=O) groups excluding carboxylic acids is 2. The van der Waals surface area contributed by atoms with Crippen LogP contribution in [0.3, 0.4) is 0 Å². The van der Waals surface area contributed by atoms with Crippen LogP contribution in [0.4, 0.5) is 5.69 Å². The van der Waals surface area contributed by atoms with Crippen LogP contribution in [0.25, 0.3) is 0 Å². The van der Waals surface area contributed by atoms with Gasteiger partial charge in [0.15, 0.2) is 0 Å². The fraction of sp³-hybridized carbons (Fsp3) is 0.467. The molecular weight excluding hydrogens is 258 g/mol. The minimum atomic E-state index is -0.493. The molecule has 0 bridgehead atoms. The van der Waals surface area contributed by atoms with E-state index in [9.17, 15) is 9.59 Å². The minimum Gasteiger partial charge on any atom is -0.497 e. The Labute approximate surface area is 118 Å². The first-order chi connectivity index (χ1) is 9.69. The molecule has 1 aliphatic heterocycles. The lowest BCUT2D eigenvalue weighted by molar-refractivity contribution is -0.114. The fourth-order valence-electron chi connectivity index (χ4n) is 2.13. The normalized spacial score (nSPS) is 13.8. The Bertz CT molecular complexity index is 513. The Kier molecular flexibility index (Phi) is 4.74. The summed E-state index contributed by atoms with van der Waals surface area (Å²) in [6.07, 6.45) is 2.07. The second-order valence-corrected chi connectivity index (χ2v) is 4.63. The van der Waals surface area contributed by atoms with Gasteiger partial charge in [-0.25, -0.2) is 0 Å². The van der Waals surface area contributed by atoms with E-state index in [2.05, 4.69) is 6.92 Å². The van der Waals surface area contributed by atoms with Gasteiger partial charge in [-0.3, -0.25) is 9.59 Å². The number of ether oxygens (including phenoxy) is 2. The number of rotatable bonds is 7. The Balaban J connectivity index is 2.07. The molecule has 0 spiro atoms. The highest BCUT2D eigenvalue weighted by atomic mass is 16.5. The maximum Gasteiger partial charge on any atom is 0.299 e. The van der Waals surface area contributed by atoms with E-state index in [0.717, 1.165) is 12.8 Å². The van der Waals surface area contributed by atoms with Gasteiger partial charge in [-0.1, -0.05) is 13.3 Å². The number of hydrogen-bond donors (Lipinski definition) is 0. The van der Waals surface area contributed by atoms with E-state index in [-0.39, 0.29) is 0 Å². The average molecular weight is 277 g/mol. The summed E-state index contributed by atoms with van der Waals surface area (Å²) in [6, 6.07) is 5.03. The first kappa shape index (κ1) is 14.5. The third kappa shape index (κ3) is 2.82. The molecule has 20 heavy (non-hydrogen) atoms. The summed E-state index contributed by atoms with van der Waals surface area (Å²) >= 11 is 0. The number of unbranched alkanes of at least 4 members (excludes halogenated alkanes) is 1. The zero-order valence-electron chi connectivity index (χ0n) is 11.8. The second kappa shape index (κ2) is 6.52. The summed E-state index contributed by atoms with van der Waals surface area (Å²) in [5.41, 5.74) is 1.04. The highest BCUT2D eigenvalue weighted by Crippen LogP contribution is 2.32. The molecule has 0 aliphatic carbocycles. The molecule has 1 heterocycles. The van der Waals surface area contributed by atoms with Gasteiger partial charge in [0.25, 0.3) is 11.7 Å². The number of anilines is 1. The predicted octanol–water partition coefficient (Wildman–Crippen LogP) is 2.04. The van der Waals surface area contributed by atoms with Gasteiger partial charge < -0.3 is 14.4 Å². The number of fused-ring (bicyclic) bond motifs is 1. The van der Waals surface area contributed by atoms with Crippen molar-refractivity contribution >= 4 is 17.4 Å². The van der Waals surface area contributed by atoms with Gasteiger partial charge in [-0.2, -0.15) is 0 Å². The first-order valence-electron chi connectivity index (χ1n) is 6.81. The van der Waals surface area contributed by atoms with Crippen molar-refractivity contribution in [2.24, 2.45) is 0 Å². The number of Topliss-reactive ketones (excluding diaryl/α,β-unsaturated/α-hetero) is 1. The van der Waals surface area contributed by atoms with Crippen molar-refractivity contribution in [2.75, 3.05) is 31.8 Å². The second-order valence-electron chi connectivity index (χ2n) is 4.63. The molecule has 1 aromatic rings. The number of hydrogen-bond acceptors (Lipinski definition) is 4. The van der Waals surface area contributed by atoms with E-state index in [1.54, 1.807) is 25.3 Å². The van der Waals surface area contributed by atoms with Gasteiger partial charge in [-0.05, 0) is 18.6 Å². The molecule has 0 atom stereocenters. The third-order valence-corrected chi connectivity index (χ3v) is 3.28. The van der Waals surface area contributed by atoms with E-state index in [0.29, 0.717) is 36.8 Å². The molecule has 5 heteroatoms. The Morgan fingerprint density at radius 3 is 2.70 bits per heavy atom. The molecule has 0 aromatic heterocycles. The summed E-state index contributed by atoms with van der Waals surface area (Å²) in [7, 11) is 1.55. The topological polar surface area (TPSA) is 55.8 Å². The molecule has 0 fully saturated rings. The molecule has 0 radical (unpaired) electrons. The van der Waals surface area contributed by atoms with Crippen molar-refractivity contribution in [3.63, 3.8) is 0 Å². The first-order valence-corrected chi connectivity index (χ1v) is 6.81. The van der Waals surface area contributed by atoms with Gasteiger partial charge in [0.05, 0.1) is 25.0 Å². The van der Waals surface area contributed by atoms with E-state index < -0.39 is 11.7 Å². The van der Waals surface area contributed by atoms with E-state index >= 15 is 0 Å². The number of ketones is 1. The Morgan fingerprint density at radius 1 is 1.20 bits per heavy atom. The molecule has 0 saturated heterocycles. The number of methoxy groups -OCH3 is 1. The van der Waals surface area contributed by atoms with Crippen LogP contribution in [0.5, 0.6) is 5.75 Å². The molecule has 108 valence electrons. The Hall–Kier alpha value is -1.88. The van der Waals surface area contributed by atoms with Crippen molar-refractivity contribution < 1.29 is 19.1 Å². The lowest BCUT2D eigenvalue weighted by Crippen LogP contribution is -2.32. The van der Waals surface area contributed by atoms with E-state index in [1.165, 1.54) is 4.90 Å². The molecular formula is C15H19NO4. The Morgan fingerprint density at radius 2 is 2.00 bits per heavy atom. The van der Waals surface area contributed by atoms with Crippen LogP contribution in [0, 0.1) is 0 Å². The van der Waals surface area contributed by atoms with Crippen LogP contribution in [-0.2, 0) is 9.53 Å². The molecule has 1 aromatic carbocycles. The third-order valence-electron chi connectivity index (χ3n) is 3.28. The minimum absolute atomic E-state index is 0.383. The number of carbonyl (C=O) groups is 2. The molecule has 0 N–H and O–H groups in total. The van der Waals surface area contributed by atoms with Crippen LogP contribution in [0.15, 0.2) is 18.2 Å². The van der Waals surface area contributed by atoms with E-state index in [4.69, 9.17) is 9.47 Å². The monoisotopic (exact) mass is 277 g/mol. The van der Waals surface area contributed by atoms with Crippen molar-refractivity contribution in [1.82, 2.24) is 0 Å². The van der Waals surface area contributed by atoms with Crippen molar-refractivity contribution in [3.8, 4) is 5.75 Å². The highest BCUT2D eigenvalue weighted by Gasteiger charge is 2.35. The van der Waals surface area contributed by atoms with Crippen LogP contribution in [0.1, 0.15) is 30.1 Å². The van der Waals surface area contributed by atoms with Crippen LogP contribution in [-0.4, -0.2) is 38.6 Å². The zero-order valence-corrected chi connectivity index (χ0v) is 11.8. The van der Waals surface area contributed by atoms with Gasteiger partial charge >= 0.3 is 0 Å². The number of benzene rings is 1. The number of amides is 1. The maximum atomic E-state index is 12.0. The smallest absolute Gasteiger partial charge is 0.299 e. The van der Waals surface area contributed by atoms with Gasteiger partial charge in [0, 0.05) is 19.2 Å². The van der Waals surface area contributed by atoms with Crippen molar-refractivity contribution in [3.05, 3.63) is 23.8 Å². The SMILES string of the molecule is CCCCOCCN1C(=O)C(=O)c2ccc(OC)cc21. The molecule has 1 aliphatic rings. The van der Waals surface area contributed by atoms with Crippen LogP contribution >= 0.6 is 0 Å². The van der Waals surface area contributed by atoms with Gasteiger partial charge in [0.2, 0.25) is 0 Å². The standard InChI is InChI=1S/C15H19NO4/c1-3-4-8-20-9-7-16-13-10-11(19-2)5-6-12(13)14(17)15(16)18/h5-6,10H,3-4,7-9H2,1-2H3. The summed E-state index contributed by atoms with van der Waals surface area (Å²) < 4.78 is 10.6. The summed E-state index contributed by atoms with van der Waals surface area (Å²) in [5.74, 6) is -0.327. The van der Waals surface area contributed by atoms with Crippen LogP contribution in [0.2, 0.25) is 0 Å². The molecule has 2 rings (SSSR count).